The van der Waals surface area contributed by atoms with E-state index >= 15 is 0 Å². The second-order valence-electron chi connectivity index (χ2n) is 3.65. The molecule has 0 aliphatic heterocycles. The van der Waals surface area contributed by atoms with Gasteiger partial charge in [0.15, 0.2) is 0 Å². The molecule has 0 fully saturated rings. The quantitative estimate of drug-likeness (QED) is 0.859. The molecule has 18 heavy (non-hydrogen) atoms. The number of benzene rings is 1. The molecule has 1 unspecified atom stereocenters. The number of halogens is 3. The first kappa shape index (κ1) is 13.6. The van der Waals surface area contributed by atoms with Crippen LogP contribution in [0.15, 0.2) is 28.3 Å². The second-order valence-corrected chi connectivity index (χ2v) is 5.42. The van der Waals surface area contributed by atoms with E-state index in [-0.39, 0.29) is 10.0 Å². The summed E-state index contributed by atoms with van der Waals surface area (Å²) in [7, 11) is 0. The Bertz CT molecular complexity index is 531. The second kappa shape index (κ2) is 5.86. The van der Waals surface area contributed by atoms with Gasteiger partial charge in [-0.3, -0.25) is 4.98 Å². The smallest absolute Gasteiger partial charge is 0.145 e. The fourth-order valence-corrected chi connectivity index (χ4v) is 2.77. The SMILES string of the molecule is CCNC(c1cncs1)c1c(F)ccc(Br)c1F. The van der Waals surface area contributed by atoms with Gasteiger partial charge in [-0.25, -0.2) is 8.78 Å². The molecule has 6 heteroatoms. The lowest BCUT2D eigenvalue weighted by atomic mass is 10.0. The number of rotatable bonds is 4. The fourth-order valence-electron chi connectivity index (χ4n) is 1.72. The van der Waals surface area contributed by atoms with Crippen molar-refractivity contribution < 1.29 is 8.78 Å². The predicted octanol–water partition coefficient (Wildman–Crippen LogP) is 3.88. The summed E-state index contributed by atoms with van der Waals surface area (Å²) in [6.07, 6.45) is 1.62. The van der Waals surface area contributed by atoms with Crippen molar-refractivity contribution in [3.8, 4) is 0 Å². The Kier molecular flexibility index (Phi) is 4.42. The largest absolute Gasteiger partial charge is 0.306 e. The summed E-state index contributed by atoms with van der Waals surface area (Å²) in [5.74, 6) is -1.13. The van der Waals surface area contributed by atoms with Gasteiger partial charge in [-0.15, -0.1) is 11.3 Å². The molecule has 0 aliphatic rings. The minimum atomic E-state index is -0.575. The van der Waals surface area contributed by atoms with E-state index in [0.29, 0.717) is 6.54 Å². The van der Waals surface area contributed by atoms with Gasteiger partial charge in [-0.05, 0) is 34.6 Å². The highest BCUT2D eigenvalue weighted by Crippen LogP contribution is 2.32. The molecule has 2 aromatic rings. The molecule has 1 N–H and O–H groups in total. The molecule has 2 nitrogen and oxygen atoms in total. The Balaban J connectivity index is 2.52. The van der Waals surface area contributed by atoms with Crippen molar-refractivity contribution in [2.24, 2.45) is 0 Å². The van der Waals surface area contributed by atoms with E-state index in [1.54, 1.807) is 11.7 Å². The highest BCUT2D eigenvalue weighted by atomic mass is 79.9. The summed E-state index contributed by atoms with van der Waals surface area (Å²) in [4.78, 5) is 4.74. The number of nitrogens with one attached hydrogen (secondary N) is 1. The van der Waals surface area contributed by atoms with E-state index in [4.69, 9.17) is 0 Å². The Morgan fingerprint density at radius 1 is 1.44 bits per heavy atom. The van der Waals surface area contributed by atoms with Crippen LogP contribution >= 0.6 is 27.3 Å². The molecule has 0 amide bonds. The average Bonchev–Trinajstić information content (AvgIpc) is 2.87. The minimum Gasteiger partial charge on any atom is -0.306 e. The fraction of sp³-hybridized carbons (Fsp3) is 0.250. The van der Waals surface area contributed by atoms with E-state index in [2.05, 4.69) is 26.2 Å². The van der Waals surface area contributed by atoms with E-state index in [1.807, 2.05) is 6.92 Å². The minimum absolute atomic E-state index is 0.0236. The van der Waals surface area contributed by atoms with Gasteiger partial charge in [0, 0.05) is 16.6 Å². The predicted molar refractivity (Wildman–Crippen MR) is 71.7 cm³/mol. The van der Waals surface area contributed by atoms with Gasteiger partial charge in [-0.1, -0.05) is 6.92 Å². The molecule has 2 rings (SSSR count). The van der Waals surface area contributed by atoms with E-state index in [9.17, 15) is 8.78 Å². The van der Waals surface area contributed by atoms with Crippen LogP contribution in [0.2, 0.25) is 0 Å². The van der Waals surface area contributed by atoms with Crippen molar-refractivity contribution in [1.29, 1.82) is 0 Å². The molecular weight excluding hydrogens is 322 g/mol. The first-order chi connectivity index (χ1) is 8.65. The van der Waals surface area contributed by atoms with Gasteiger partial charge < -0.3 is 5.32 Å². The zero-order valence-corrected chi connectivity index (χ0v) is 12.0. The Labute approximate surface area is 116 Å². The lowest BCUT2D eigenvalue weighted by Crippen LogP contribution is -2.23. The van der Waals surface area contributed by atoms with Crippen molar-refractivity contribution in [3.63, 3.8) is 0 Å². The first-order valence-electron chi connectivity index (χ1n) is 5.40. The third-order valence-corrected chi connectivity index (χ3v) is 3.97. The van der Waals surface area contributed by atoms with Crippen LogP contribution in [0, 0.1) is 11.6 Å². The summed E-state index contributed by atoms with van der Waals surface area (Å²) in [5.41, 5.74) is 1.67. The van der Waals surface area contributed by atoms with Crippen LogP contribution in [0.5, 0.6) is 0 Å². The normalized spacial score (nSPS) is 12.7. The Hall–Kier alpha value is -0.850. The van der Waals surface area contributed by atoms with Crippen LogP contribution in [0.3, 0.4) is 0 Å². The molecule has 0 saturated heterocycles. The third-order valence-electron chi connectivity index (χ3n) is 2.51. The number of hydrogen-bond donors (Lipinski definition) is 1. The molecule has 0 bridgehead atoms. The molecule has 1 atom stereocenters. The van der Waals surface area contributed by atoms with Crippen molar-refractivity contribution in [1.82, 2.24) is 10.3 Å². The molecular formula is C12H11BrF2N2S. The van der Waals surface area contributed by atoms with Gasteiger partial charge in [0.2, 0.25) is 0 Å². The number of hydrogen-bond acceptors (Lipinski definition) is 3. The van der Waals surface area contributed by atoms with E-state index in [1.165, 1.54) is 23.5 Å². The summed E-state index contributed by atoms with van der Waals surface area (Å²) in [6.45, 7) is 2.50. The maximum absolute atomic E-state index is 14.1. The topological polar surface area (TPSA) is 24.9 Å². The maximum atomic E-state index is 14.1. The van der Waals surface area contributed by atoms with Crippen molar-refractivity contribution in [2.75, 3.05) is 6.54 Å². The molecule has 96 valence electrons. The van der Waals surface area contributed by atoms with Crippen LogP contribution in [-0.2, 0) is 0 Å². The first-order valence-corrected chi connectivity index (χ1v) is 7.07. The van der Waals surface area contributed by atoms with Crippen LogP contribution in [0.25, 0.3) is 0 Å². The number of thiazole rings is 1. The molecule has 1 aromatic carbocycles. The van der Waals surface area contributed by atoms with Gasteiger partial charge >= 0.3 is 0 Å². The zero-order chi connectivity index (χ0) is 13.1. The number of nitrogens with zero attached hydrogens (tertiary/aromatic N) is 1. The van der Waals surface area contributed by atoms with Crippen molar-refractivity contribution in [2.45, 2.75) is 13.0 Å². The van der Waals surface area contributed by atoms with Crippen LogP contribution in [-0.4, -0.2) is 11.5 Å². The van der Waals surface area contributed by atoms with Gasteiger partial charge in [-0.2, -0.15) is 0 Å². The third kappa shape index (κ3) is 2.60. The lowest BCUT2D eigenvalue weighted by molar-refractivity contribution is 0.510. The van der Waals surface area contributed by atoms with Gasteiger partial charge in [0.1, 0.15) is 11.6 Å². The molecule has 1 aromatic heterocycles. The van der Waals surface area contributed by atoms with Crippen LogP contribution in [0.4, 0.5) is 8.78 Å². The average molecular weight is 333 g/mol. The van der Waals surface area contributed by atoms with E-state index in [0.717, 1.165) is 4.88 Å². The van der Waals surface area contributed by atoms with Gasteiger partial charge in [0.25, 0.3) is 0 Å². The monoisotopic (exact) mass is 332 g/mol. The molecule has 0 spiro atoms. The maximum Gasteiger partial charge on any atom is 0.145 e. The molecule has 1 heterocycles. The highest BCUT2D eigenvalue weighted by Gasteiger charge is 2.23. The highest BCUT2D eigenvalue weighted by molar-refractivity contribution is 9.10. The zero-order valence-electron chi connectivity index (χ0n) is 9.58. The number of aromatic nitrogens is 1. The van der Waals surface area contributed by atoms with Crippen molar-refractivity contribution >= 4 is 27.3 Å². The molecule has 0 radical (unpaired) electrons. The molecule has 0 saturated carbocycles. The van der Waals surface area contributed by atoms with Crippen molar-refractivity contribution in [3.05, 3.63) is 50.4 Å². The van der Waals surface area contributed by atoms with Crippen LogP contribution < -0.4 is 5.32 Å². The lowest BCUT2D eigenvalue weighted by Gasteiger charge is -2.18. The summed E-state index contributed by atoms with van der Waals surface area (Å²) < 4.78 is 28.2. The molecule has 0 aliphatic carbocycles. The standard InChI is InChI=1S/C12H11BrF2N2S/c1-2-17-12(9-5-16-6-18-9)10-8(14)4-3-7(13)11(10)15/h3-6,12,17H,2H2,1H3. The summed E-state index contributed by atoms with van der Waals surface area (Å²) in [6, 6.07) is 2.11. The summed E-state index contributed by atoms with van der Waals surface area (Å²) >= 11 is 4.45. The summed E-state index contributed by atoms with van der Waals surface area (Å²) in [5, 5.41) is 3.08. The van der Waals surface area contributed by atoms with E-state index < -0.39 is 17.7 Å². The Morgan fingerprint density at radius 2 is 2.22 bits per heavy atom. The van der Waals surface area contributed by atoms with Gasteiger partial charge in [0.05, 0.1) is 16.0 Å². The Morgan fingerprint density at radius 3 is 2.83 bits per heavy atom. The van der Waals surface area contributed by atoms with Crippen LogP contribution in [0.1, 0.15) is 23.4 Å².